The van der Waals surface area contributed by atoms with E-state index in [0.29, 0.717) is 5.92 Å². The highest BCUT2D eigenvalue weighted by Crippen LogP contribution is 2.36. The number of rotatable bonds is 3. The standard InChI is InChI=1S/C13H18BrNO/c1-16-12-7-6-10(8-11(12)14)13(15)9-4-2-3-5-9/h6-9,13H,2-5,15H2,1H3/t13-/m1/s1. The molecule has 0 spiro atoms. The van der Waals surface area contributed by atoms with Crippen LogP contribution in [0, 0.1) is 5.92 Å². The Labute approximate surface area is 105 Å². The van der Waals surface area contributed by atoms with Gasteiger partial charge in [0.15, 0.2) is 0 Å². The van der Waals surface area contributed by atoms with Gasteiger partial charge < -0.3 is 10.5 Å². The second-order valence-corrected chi connectivity index (χ2v) is 5.32. The Morgan fingerprint density at radius 2 is 2.06 bits per heavy atom. The number of hydrogen-bond acceptors (Lipinski definition) is 2. The highest BCUT2D eigenvalue weighted by molar-refractivity contribution is 9.10. The van der Waals surface area contributed by atoms with Crippen molar-refractivity contribution in [3.63, 3.8) is 0 Å². The van der Waals surface area contributed by atoms with Crippen molar-refractivity contribution in [1.29, 1.82) is 0 Å². The summed E-state index contributed by atoms with van der Waals surface area (Å²) in [4.78, 5) is 0. The van der Waals surface area contributed by atoms with Crippen molar-refractivity contribution in [2.75, 3.05) is 7.11 Å². The van der Waals surface area contributed by atoms with Crippen molar-refractivity contribution < 1.29 is 4.74 Å². The average Bonchev–Trinajstić information content (AvgIpc) is 2.81. The minimum atomic E-state index is 0.171. The Bertz CT molecular complexity index is 361. The van der Waals surface area contributed by atoms with Gasteiger partial charge in [-0.3, -0.25) is 0 Å². The van der Waals surface area contributed by atoms with Gasteiger partial charge in [0, 0.05) is 6.04 Å². The van der Waals surface area contributed by atoms with Crippen LogP contribution in [-0.2, 0) is 0 Å². The van der Waals surface area contributed by atoms with E-state index in [1.165, 1.54) is 31.2 Å². The van der Waals surface area contributed by atoms with Crippen LogP contribution in [-0.4, -0.2) is 7.11 Å². The van der Waals surface area contributed by atoms with Crippen LogP contribution in [0.25, 0.3) is 0 Å². The lowest BCUT2D eigenvalue weighted by atomic mass is 9.92. The molecule has 2 nitrogen and oxygen atoms in total. The number of halogens is 1. The van der Waals surface area contributed by atoms with Gasteiger partial charge in [0.1, 0.15) is 5.75 Å². The van der Waals surface area contributed by atoms with E-state index < -0.39 is 0 Å². The normalized spacial score (nSPS) is 18.7. The summed E-state index contributed by atoms with van der Waals surface area (Å²) in [6, 6.07) is 6.31. The molecule has 1 atom stereocenters. The molecular weight excluding hydrogens is 266 g/mol. The fourth-order valence-corrected chi connectivity index (χ4v) is 3.04. The van der Waals surface area contributed by atoms with Crippen molar-refractivity contribution in [2.24, 2.45) is 11.7 Å². The zero-order valence-corrected chi connectivity index (χ0v) is 11.2. The third-order valence-electron chi connectivity index (χ3n) is 3.47. The summed E-state index contributed by atoms with van der Waals surface area (Å²) in [5.41, 5.74) is 7.51. The van der Waals surface area contributed by atoms with Crippen LogP contribution in [0.1, 0.15) is 37.3 Å². The van der Waals surface area contributed by atoms with E-state index in [-0.39, 0.29) is 6.04 Å². The highest BCUT2D eigenvalue weighted by atomic mass is 79.9. The summed E-state index contributed by atoms with van der Waals surface area (Å²) in [5.74, 6) is 1.52. The smallest absolute Gasteiger partial charge is 0.133 e. The fraction of sp³-hybridized carbons (Fsp3) is 0.538. The van der Waals surface area contributed by atoms with Gasteiger partial charge in [0.25, 0.3) is 0 Å². The van der Waals surface area contributed by atoms with Crippen LogP contribution < -0.4 is 10.5 Å². The Hall–Kier alpha value is -0.540. The molecule has 0 heterocycles. The topological polar surface area (TPSA) is 35.2 Å². The Balaban J connectivity index is 2.16. The summed E-state index contributed by atoms with van der Waals surface area (Å²) in [6.07, 6.45) is 5.20. The third kappa shape index (κ3) is 2.41. The van der Waals surface area contributed by atoms with Crippen molar-refractivity contribution in [3.05, 3.63) is 28.2 Å². The van der Waals surface area contributed by atoms with Crippen molar-refractivity contribution in [3.8, 4) is 5.75 Å². The maximum Gasteiger partial charge on any atom is 0.133 e. The Morgan fingerprint density at radius 3 is 2.62 bits per heavy atom. The summed E-state index contributed by atoms with van der Waals surface area (Å²) >= 11 is 3.50. The molecule has 2 rings (SSSR count). The molecule has 0 aromatic heterocycles. The molecule has 0 aliphatic heterocycles. The molecule has 88 valence electrons. The van der Waals surface area contributed by atoms with E-state index in [0.717, 1.165) is 10.2 Å². The van der Waals surface area contributed by atoms with Gasteiger partial charge in [-0.05, 0) is 52.4 Å². The van der Waals surface area contributed by atoms with E-state index in [9.17, 15) is 0 Å². The molecule has 1 saturated carbocycles. The van der Waals surface area contributed by atoms with Crippen LogP contribution in [0.3, 0.4) is 0 Å². The number of hydrogen-bond donors (Lipinski definition) is 1. The van der Waals surface area contributed by atoms with Crippen LogP contribution in [0.4, 0.5) is 0 Å². The van der Waals surface area contributed by atoms with Gasteiger partial charge in [-0.25, -0.2) is 0 Å². The van der Waals surface area contributed by atoms with Crippen LogP contribution >= 0.6 is 15.9 Å². The number of ether oxygens (including phenoxy) is 1. The monoisotopic (exact) mass is 283 g/mol. The summed E-state index contributed by atoms with van der Waals surface area (Å²) < 4.78 is 6.20. The molecule has 0 amide bonds. The third-order valence-corrected chi connectivity index (χ3v) is 4.09. The highest BCUT2D eigenvalue weighted by Gasteiger charge is 2.23. The van der Waals surface area contributed by atoms with E-state index in [1.807, 2.05) is 6.07 Å². The zero-order valence-electron chi connectivity index (χ0n) is 9.58. The number of benzene rings is 1. The molecule has 0 saturated heterocycles. The molecule has 1 fully saturated rings. The van der Waals surface area contributed by atoms with Crippen molar-refractivity contribution >= 4 is 15.9 Å². The van der Waals surface area contributed by atoms with Gasteiger partial charge in [0.05, 0.1) is 11.6 Å². The lowest BCUT2D eigenvalue weighted by Crippen LogP contribution is -2.19. The predicted octanol–water partition coefficient (Wildman–Crippen LogP) is 3.65. The molecule has 3 heteroatoms. The molecule has 16 heavy (non-hydrogen) atoms. The molecule has 0 radical (unpaired) electrons. The quantitative estimate of drug-likeness (QED) is 0.919. The second kappa shape index (κ2) is 5.19. The van der Waals surface area contributed by atoms with E-state index in [4.69, 9.17) is 10.5 Å². The lowest BCUT2D eigenvalue weighted by Gasteiger charge is -2.19. The van der Waals surface area contributed by atoms with Crippen LogP contribution in [0.2, 0.25) is 0 Å². The summed E-state index contributed by atoms with van der Waals surface area (Å²) in [5, 5.41) is 0. The summed E-state index contributed by atoms with van der Waals surface area (Å²) in [7, 11) is 1.68. The summed E-state index contributed by atoms with van der Waals surface area (Å²) in [6.45, 7) is 0. The molecule has 1 aliphatic carbocycles. The predicted molar refractivity (Wildman–Crippen MR) is 69.6 cm³/mol. The molecule has 1 aromatic carbocycles. The molecule has 0 bridgehead atoms. The lowest BCUT2D eigenvalue weighted by molar-refractivity contribution is 0.410. The minimum absolute atomic E-state index is 0.171. The Kier molecular flexibility index (Phi) is 3.87. The maximum atomic E-state index is 6.30. The largest absolute Gasteiger partial charge is 0.496 e. The van der Waals surface area contributed by atoms with Crippen LogP contribution in [0.15, 0.2) is 22.7 Å². The zero-order chi connectivity index (χ0) is 11.5. The van der Waals surface area contributed by atoms with E-state index in [2.05, 4.69) is 28.1 Å². The first kappa shape index (κ1) is 11.9. The first-order valence-electron chi connectivity index (χ1n) is 5.81. The van der Waals surface area contributed by atoms with E-state index in [1.54, 1.807) is 7.11 Å². The molecular formula is C13H18BrNO. The SMILES string of the molecule is COc1ccc([C@H](N)C2CCCC2)cc1Br. The van der Waals surface area contributed by atoms with Crippen LogP contribution in [0.5, 0.6) is 5.75 Å². The van der Waals surface area contributed by atoms with Crippen molar-refractivity contribution in [1.82, 2.24) is 0 Å². The average molecular weight is 284 g/mol. The van der Waals surface area contributed by atoms with Gasteiger partial charge in [-0.2, -0.15) is 0 Å². The Morgan fingerprint density at radius 1 is 1.38 bits per heavy atom. The first-order valence-corrected chi connectivity index (χ1v) is 6.60. The van der Waals surface area contributed by atoms with Gasteiger partial charge in [0.2, 0.25) is 0 Å². The molecule has 1 aromatic rings. The number of nitrogens with two attached hydrogens (primary N) is 1. The molecule has 2 N–H and O–H groups in total. The van der Waals surface area contributed by atoms with Gasteiger partial charge >= 0.3 is 0 Å². The van der Waals surface area contributed by atoms with Crippen molar-refractivity contribution in [2.45, 2.75) is 31.7 Å². The first-order chi connectivity index (χ1) is 7.72. The number of methoxy groups -OCH3 is 1. The minimum Gasteiger partial charge on any atom is -0.496 e. The molecule has 0 unspecified atom stereocenters. The van der Waals surface area contributed by atoms with Gasteiger partial charge in [-0.1, -0.05) is 18.9 Å². The fourth-order valence-electron chi connectivity index (χ4n) is 2.48. The maximum absolute atomic E-state index is 6.30. The second-order valence-electron chi connectivity index (χ2n) is 4.46. The molecule has 1 aliphatic rings. The van der Waals surface area contributed by atoms with Gasteiger partial charge in [-0.15, -0.1) is 0 Å². The van der Waals surface area contributed by atoms with E-state index >= 15 is 0 Å².